The minimum atomic E-state index is -0.0659. The van der Waals surface area contributed by atoms with Crippen molar-refractivity contribution in [2.24, 2.45) is 0 Å². The fourth-order valence-electron chi connectivity index (χ4n) is 2.16. The number of amides is 2. The molecule has 0 bridgehead atoms. The van der Waals surface area contributed by atoms with E-state index in [1.807, 2.05) is 38.2 Å². The van der Waals surface area contributed by atoms with Gasteiger partial charge >= 0.3 is 6.03 Å². The van der Waals surface area contributed by atoms with Gasteiger partial charge in [-0.3, -0.25) is 4.90 Å². The van der Waals surface area contributed by atoms with Crippen LogP contribution in [0.4, 0.5) is 10.5 Å². The number of urea groups is 1. The zero-order valence-corrected chi connectivity index (χ0v) is 12.3. The first-order valence-corrected chi connectivity index (χ1v) is 7.04. The first-order chi connectivity index (χ1) is 9.65. The van der Waals surface area contributed by atoms with Gasteiger partial charge in [-0.05, 0) is 24.6 Å². The van der Waals surface area contributed by atoms with Crippen LogP contribution >= 0.6 is 0 Å². The molecule has 0 aromatic heterocycles. The van der Waals surface area contributed by atoms with Crippen LogP contribution in [0, 0.1) is 6.92 Å². The Morgan fingerprint density at radius 1 is 1.40 bits per heavy atom. The Hall–Kier alpha value is -1.59. The van der Waals surface area contributed by atoms with Crippen LogP contribution in [0.5, 0.6) is 0 Å². The van der Waals surface area contributed by atoms with E-state index < -0.39 is 0 Å². The van der Waals surface area contributed by atoms with Gasteiger partial charge in [0.15, 0.2) is 0 Å². The van der Waals surface area contributed by atoms with Gasteiger partial charge in [-0.15, -0.1) is 0 Å². The Kier molecular flexibility index (Phi) is 5.38. The van der Waals surface area contributed by atoms with Gasteiger partial charge in [-0.1, -0.05) is 12.1 Å². The molecule has 5 nitrogen and oxygen atoms in total. The van der Waals surface area contributed by atoms with Crippen molar-refractivity contribution in [3.05, 3.63) is 29.8 Å². The van der Waals surface area contributed by atoms with E-state index >= 15 is 0 Å². The molecule has 1 heterocycles. The number of carbonyl (C=O) groups excluding carboxylic acids is 1. The molecule has 20 heavy (non-hydrogen) atoms. The summed E-state index contributed by atoms with van der Waals surface area (Å²) in [6.07, 6.45) is 0. The van der Waals surface area contributed by atoms with Crippen molar-refractivity contribution in [3.63, 3.8) is 0 Å². The Labute approximate surface area is 120 Å². The molecule has 5 heteroatoms. The van der Waals surface area contributed by atoms with Crippen LogP contribution in [0.15, 0.2) is 24.3 Å². The van der Waals surface area contributed by atoms with Crippen LogP contribution in [0.25, 0.3) is 0 Å². The van der Waals surface area contributed by atoms with Gasteiger partial charge in [0.1, 0.15) is 0 Å². The number of likely N-dealkylation sites (N-methyl/N-ethyl adjacent to an activating group) is 1. The number of anilines is 1. The van der Waals surface area contributed by atoms with Crippen molar-refractivity contribution in [1.29, 1.82) is 0 Å². The maximum absolute atomic E-state index is 12.1. The minimum absolute atomic E-state index is 0.0659. The van der Waals surface area contributed by atoms with E-state index in [-0.39, 0.29) is 6.03 Å². The molecular weight excluding hydrogens is 254 g/mol. The standard InChI is InChI=1S/C15H23N3O2/c1-13-4-3-5-14(12-13)16-15(19)17(2)6-7-18-8-10-20-11-9-18/h3-5,12H,6-11H2,1-2H3,(H,16,19). The van der Waals surface area contributed by atoms with Crippen LogP contribution in [-0.4, -0.2) is 62.3 Å². The fraction of sp³-hybridized carbons (Fsp3) is 0.533. The van der Waals surface area contributed by atoms with Gasteiger partial charge in [0.25, 0.3) is 0 Å². The highest BCUT2D eigenvalue weighted by atomic mass is 16.5. The number of hydrogen-bond acceptors (Lipinski definition) is 3. The van der Waals surface area contributed by atoms with Crippen LogP contribution < -0.4 is 5.32 Å². The monoisotopic (exact) mass is 277 g/mol. The lowest BCUT2D eigenvalue weighted by molar-refractivity contribution is 0.0359. The lowest BCUT2D eigenvalue weighted by atomic mass is 10.2. The molecule has 0 aliphatic carbocycles. The van der Waals surface area contributed by atoms with Gasteiger partial charge in [0.2, 0.25) is 0 Å². The third-order valence-corrected chi connectivity index (χ3v) is 3.47. The summed E-state index contributed by atoms with van der Waals surface area (Å²) in [5.74, 6) is 0. The Morgan fingerprint density at radius 3 is 2.85 bits per heavy atom. The van der Waals surface area contributed by atoms with Crippen molar-refractivity contribution in [1.82, 2.24) is 9.80 Å². The quantitative estimate of drug-likeness (QED) is 0.912. The third-order valence-electron chi connectivity index (χ3n) is 3.47. The van der Waals surface area contributed by atoms with E-state index in [0.29, 0.717) is 0 Å². The summed E-state index contributed by atoms with van der Waals surface area (Å²) in [6, 6.07) is 7.76. The molecule has 1 aromatic rings. The van der Waals surface area contributed by atoms with Crippen molar-refractivity contribution < 1.29 is 9.53 Å². The number of carbonyl (C=O) groups is 1. The Balaban J connectivity index is 1.76. The summed E-state index contributed by atoms with van der Waals surface area (Å²) < 4.78 is 5.31. The average Bonchev–Trinajstić information content (AvgIpc) is 2.46. The highest BCUT2D eigenvalue weighted by molar-refractivity contribution is 5.89. The van der Waals surface area contributed by atoms with Crippen LogP contribution in [-0.2, 0) is 4.74 Å². The van der Waals surface area contributed by atoms with Gasteiger partial charge in [-0.25, -0.2) is 4.79 Å². The lowest BCUT2D eigenvalue weighted by Crippen LogP contribution is -2.42. The molecule has 0 radical (unpaired) electrons. The van der Waals surface area contributed by atoms with Crippen LogP contribution in [0.1, 0.15) is 5.56 Å². The molecule has 1 N–H and O–H groups in total. The van der Waals surface area contributed by atoms with E-state index in [9.17, 15) is 4.79 Å². The summed E-state index contributed by atoms with van der Waals surface area (Å²) in [5, 5.41) is 2.91. The Morgan fingerprint density at radius 2 is 2.15 bits per heavy atom. The van der Waals surface area contributed by atoms with Crippen molar-refractivity contribution >= 4 is 11.7 Å². The first-order valence-electron chi connectivity index (χ1n) is 7.04. The van der Waals surface area contributed by atoms with E-state index in [2.05, 4.69) is 10.2 Å². The van der Waals surface area contributed by atoms with Gasteiger partial charge in [0.05, 0.1) is 13.2 Å². The van der Waals surface area contributed by atoms with E-state index in [1.54, 1.807) is 4.90 Å². The Bertz CT molecular complexity index is 444. The molecule has 1 saturated heterocycles. The van der Waals surface area contributed by atoms with Gasteiger partial charge < -0.3 is 15.0 Å². The van der Waals surface area contributed by atoms with Crippen molar-refractivity contribution in [3.8, 4) is 0 Å². The molecule has 110 valence electrons. The van der Waals surface area contributed by atoms with Crippen LogP contribution in [0.2, 0.25) is 0 Å². The number of ether oxygens (including phenoxy) is 1. The fourth-order valence-corrected chi connectivity index (χ4v) is 2.16. The largest absolute Gasteiger partial charge is 0.379 e. The molecule has 2 amide bonds. The molecule has 1 aliphatic heterocycles. The SMILES string of the molecule is Cc1cccc(NC(=O)N(C)CCN2CCOCC2)c1. The molecular formula is C15H23N3O2. The normalized spacial score (nSPS) is 15.9. The van der Waals surface area contributed by atoms with E-state index in [1.165, 1.54) is 0 Å². The number of aryl methyl sites for hydroxylation is 1. The number of benzene rings is 1. The van der Waals surface area contributed by atoms with E-state index in [0.717, 1.165) is 50.6 Å². The average molecular weight is 277 g/mol. The van der Waals surface area contributed by atoms with Gasteiger partial charge in [0, 0.05) is 38.9 Å². The number of rotatable bonds is 4. The highest BCUT2D eigenvalue weighted by Gasteiger charge is 2.13. The first kappa shape index (κ1) is 14.8. The maximum Gasteiger partial charge on any atom is 0.321 e. The predicted octanol–water partition coefficient (Wildman–Crippen LogP) is 1.79. The van der Waals surface area contributed by atoms with E-state index in [4.69, 9.17) is 4.74 Å². The second-order valence-corrected chi connectivity index (χ2v) is 5.18. The molecule has 1 fully saturated rings. The predicted molar refractivity (Wildman–Crippen MR) is 80.1 cm³/mol. The molecule has 2 rings (SSSR count). The van der Waals surface area contributed by atoms with Gasteiger partial charge in [-0.2, -0.15) is 0 Å². The number of morpholine rings is 1. The summed E-state index contributed by atoms with van der Waals surface area (Å²) in [6.45, 7) is 7.11. The summed E-state index contributed by atoms with van der Waals surface area (Å²) in [7, 11) is 1.82. The zero-order chi connectivity index (χ0) is 14.4. The molecule has 1 aromatic carbocycles. The molecule has 0 atom stereocenters. The second kappa shape index (κ2) is 7.26. The zero-order valence-electron chi connectivity index (χ0n) is 12.3. The third kappa shape index (κ3) is 4.51. The lowest BCUT2D eigenvalue weighted by Gasteiger charge is -2.28. The molecule has 0 saturated carbocycles. The number of hydrogen-bond donors (Lipinski definition) is 1. The minimum Gasteiger partial charge on any atom is -0.379 e. The van der Waals surface area contributed by atoms with Crippen LogP contribution in [0.3, 0.4) is 0 Å². The molecule has 0 unspecified atom stereocenters. The maximum atomic E-state index is 12.1. The smallest absolute Gasteiger partial charge is 0.321 e. The highest BCUT2D eigenvalue weighted by Crippen LogP contribution is 2.10. The molecule has 1 aliphatic rings. The van der Waals surface area contributed by atoms with Crippen molar-refractivity contribution in [2.45, 2.75) is 6.92 Å². The van der Waals surface area contributed by atoms with Crippen molar-refractivity contribution in [2.75, 3.05) is 51.8 Å². The number of nitrogens with one attached hydrogen (secondary N) is 1. The summed E-state index contributed by atoms with van der Waals surface area (Å²) >= 11 is 0. The topological polar surface area (TPSA) is 44.8 Å². The molecule has 0 spiro atoms. The number of nitrogens with zero attached hydrogens (tertiary/aromatic N) is 2. The summed E-state index contributed by atoms with van der Waals surface area (Å²) in [4.78, 5) is 16.1. The second-order valence-electron chi connectivity index (χ2n) is 5.18. The summed E-state index contributed by atoms with van der Waals surface area (Å²) in [5.41, 5.74) is 1.98.